The maximum Gasteiger partial charge on any atom is 0.323 e. The molecule has 3 heteroatoms. The molecule has 1 fully saturated rings. The van der Waals surface area contributed by atoms with Gasteiger partial charge in [-0.3, -0.25) is 9.69 Å². The maximum atomic E-state index is 11.5. The van der Waals surface area contributed by atoms with Gasteiger partial charge in [-0.25, -0.2) is 0 Å². The van der Waals surface area contributed by atoms with E-state index in [0.717, 1.165) is 13.0 Å². The van der Waals surface area contributed by atoms with E-state index in [9.17, 15) is 4.79 Å². The largest absolute Gasteiger partial charge is 0.468 e. The van der Waals surface area contributed by atoms with Crippen LogP contribution in [0.25, 0.3) is 0 Å². The lowest BCUT2D eigenvalue weighted by Gasteiger charge is -2.27. The standard InChI is InChI=1S/C10H19NO2/c1-7(2)11-6-5-8(3)9(11)10(12)13-4/h7-9H,5-6H2,1-4H3/t8-,9+/m0/s1. The number of methoxy groups -OCH3 is 1. The Bertz CT molecular complexity index is 191. The number of esters is 1. The number of hydrogen-bond acceptors (Lipinski definition) is 3. The molecule has 0 aromatic carbocycles. The summed E-state index contributed by atoms with van der Waals surface area (Å²) in [5.41, 5.74) is 0. The Morgan fingerprint density at radius 2 is 2.15 bits per heavy atom. The molecular weight excluding hydrogens is 166 g/mol. The number of hydrogen-bond donors (Lipinski definition) is 0. The number of carbonyl (C=O) groups excluding carboxylic acids is 1. The van der Waals surface area contributed by atoms with E-state index in [1.165, 1.54) is 7.11 Å². The summed E-state index contributed by atoms with van der Waals surface area (Å²) in [6.45, 7) is 7.37. The summed E-state index contributed by atoms with van der Waals surface area (Å²) < 4.78 is 4.80. The topological polar surface area (TPSA) is 29.5 Å². The van der Waals surface area contributed by atoms with Crippen molar-refractivity contribution in [3.05, 3.63) is 0 Å². The Morgan fingerprint density at radius 1 is 1.54 bits per heavy atom. The van der Waals surface area contributed by atoms with Crippen molar-refractivity contribution >= 4 is 5.97 Å². The van der Waals surface area contributed by atoms with Crippen LogP contribution in [0.3, 0.4) is 0 Å². The van der Waals surface area contributed by atoms with Crippen molar-refractivity contribution in [2.45, 2.75) is 39.3 Å². The zero-order valence-electron chi connectivity index (χ0n) is 8.91. The highest BCUT2D eigenvalue weighted by atomic mass is 16.5. The number of ether oxygens (including phenoxy) is 1. The highest BCUT2D eigenvalue weighted by molar-refractivity contribution is 5.76. The summed E-state index contributed by atoms with van der Waals surface area (Å²) in [4.78, 5) is 13.7. The second kappa shape index (κ2) is 4.09. The second-order valence-electron chi connectivity index (χ2n) is 4.07. The molecule has 0 aromatic heterocycles. The first kappa shape index (κ1) is 10.5. The predicted octanol–water partition coefficient (Wildman–Crippen LogP) is 1.28. The number of carbonyl (C=O) groups is 1. The average molecular weight is 185 g/mol. The van der Waals surface area contributed by atoms with Crippen LogP contribution in [-0.2, 0) is 9.53 Å². The summed E-state index contributed by atoms with van der Waals surface area (Å²) in [6, 6.07) is 0.402. The molecule has 1 aliphatic rings. The Hall–Kier alpha value is -0.570. The quantitative estimate of drug-likeness (QED) is 0.607. The van der Waals surface area contributed by atoms with Gasteiger partial charge in [0.2, 0.25) is 0 Å². The third kappa shape index (κ3) is 2.02. The molecule has 0 saturated carbocycles. The first-order valence-electron chi connectivity index (χ1n) is 4.91. The molecule has 76 valence electrons. The summed E-state index contributed by atoms with van der Waals surface area (Å²) in [5.74, 6) is 0.341. The molecule has 1 heterocycles. The molecule has 2 atom stereocenters. The highest BCUT2D eigenvalue weighted by Gasteiger charge is 2.38. The predicted molar refractivity (Wildman–Crippen MR) is 51.4 cm³/mol. The number of likely N-dealkylation sites (tertiary alicyclic amines) is 1. The Kier molecular flexibility index (Phi) is 3.31. The number of nitrogens with zero attached hydrogens (tertiary/aromatic N) is 1. The van der Waals surface area contributed by atoms with E-state index in [4.69, 9.17) is 4.74 Å². The summed E-state index contributed by atoms with van der Waals surface area (Å²) >= 11 is 0. The van der Waals surface area contributed by atoms with Crippen molar-refractivity contribution in [3.8, 4) is 0 Å². The molecule has 0 radical (unpaired) electrons. The second-order valence-corrected chi connectivity index (χ2v) is 4.07. The van der Waals surface area contributed by atoms with Gasteiger partial charge in [-0.15, -0.1) is 0 Å². The lowest BCUT2D eigenvalue weighted by Crippen LogP contribution is -2.43. The molecule has 0 N–H and O–H groups in total. The molecule has 0 spiro atoms. The van der Waals surface area contributed by atoms with Gasteiger partial charge in [0.1, 0.15) is 6.04 Å². The van der Waals surface area contributed by atoms with Crippen LogP contribution in [0.5, 0.6) is 0 Å². The monoisotopic (exact) mass is 185 g/mol. The Morgan fingerprint density at radius 3 is 2.62 bits per heavy atom. The molecular formula is C10H19NO2. The van der Waals surface area contributed by atoms with Crippen LogP contribution in [0.2, 0.25) is 0 Å². The van der Waals surface area contributed by atoms with Crippen LogP contribution < -0.4 is 0 Å². The third-order valence-electron chi connectivity index (χ3n) is 2.84. The average Bonchev–Trinajstić information content (AvgIpc) is 2.46. The molecule has 0 bridgehead atoms. The minimum absolute atomic E-state index is 0.0231. The summed E-state index contributed by atoms with van der Waals surface area (Å²) in [7, 11) is 1.46. The van der Waals surface area contributed by atoms with Crippen molar-refractivity contribution < 1.29 is 9.53 Å². The minimum Gasteiger partial charge on any atom is -0.468 e. The molecule has 3 nitrogen and oxygen atoms in total. The van der Waals surface area contributed by atoms with Crippen LogP contribution in [0.4, 0.5) is 0 Å². The fourth-order valence-electron chi connectivity index (χ4n) is 2.04. The smallest absolute Gasteiger partial charge is 0.323 e. The van der Waals surface area contributed by atoms with Gasteiger partial charge >= 0.3 is 5.97 Å². The molecule has 13 heavy (non-hydrogen) atoms. The van der Waals surface area contributed by atoms with Gasteiger partial charge < -0.3 is 4.74 Å². The van der Waals surface area contributed by atoms with Crippen LogP contribution >= 0.6 is 0 Å². The zero-order chi connectivity index (χ0) is 10.0. The van der Waals surface area contributed by atoms with E-state index in [1.54, 1.807) is 0 Å². The van der Waals surface area contributed by atoms with Crippen molar-refractivity contribution in [3.63, 3.8) is 0 Å². The fraction of sp³-hybridized carbons (Fsp3) is 0.900. The first-order chi connectivity index (χ1) is 6.07. The Labute approximate surface area is 80.1 Å². The molecule has 0 aromatic rings. The van der Waals surface area contributed by atoms with Gasteiger partial charge in [-0.1, -0.05) is 6.92 Å². The highest BCUT2D eigenvalue weighted by Crippen LogP contribution is 2.26. The van der Waals surface area contributed by atoms with Gasteiger partial charge in [-0.05, 0) is 32.7 Å². The lowest BCUT2D eigenvalue weighted by molar-refractivity contribution is -0.147. The van der Waals surface area contributed by atoms with Gasteiger partial charge in [0, 0.05) is 6.04 Å². The van der Waals surface area contributed by atoms with E-state index in [0.29, 0.717) is 12.0 Å². The molecule has 1 saturated heterocycles. The Balaban J connectivity index is 2.71. The van der Waals surface area contributed by atoms with Crippen LogP contribution in [0, 0.1) is 5.92 Å². The SMILES string of the molecule is COC(=O)[C@H]1[C@@H](C)CCN1C(C)C. The summed E-state index contributed by atoms with van der Waals surface area (Å²) in [5, 5.41) is 0. The molecule has 1 rings (SSSR count). The van der Waals surface area contributed by atoms with Gasteiger partial charge in [-0.2, -0.15) is 0 Å². The van der Waals surface area contributed by atoms with Crippen LogP contribution in [0.15, 0.2) is 0 Å². The van der Waals surface area contributed by atoms with E-state index in [2.05, 4.69) is 25.7 Å². The summed E-state index contributed by atoms with van der Waals surface area (Å²) in [6.07, 6.45) is 1.10. The molecule has 0 unspecified atom stereocenters. The van der Waals surface area contributed by atoms with E-state index < -0.39 is 0 Å². The van der Waals surface area contributed by atoms with Crippen molar-refractivity contribution in [1.82, 2.24) is 4.90 Å². The number of rotatable bonds is 2. The fourth-order valence-corrected chi connectivity index (χ4v) is 2.04. The van der Waals surface area contributed by atoms with Crippen LogP contribution in [-0.4, -0.2) is 36.6 Å². The molecule has 0 amide bonds. The van der Waals surface area contributed by atoms with Gasteiger partial charge in [0.25, 0.3) is 0 Å². The van der Waals surface area contributed by atoms with E-state index >= 15 is 0 Å². The third-order valence-corrected chi connectivity index (χ3v) is 2.84. The van der Waals surface area contributed by atoms with Gasteiger partial charge in [0.05, 0.1) is 7.11 Å². The van der Waals surface area contributed by atoms with Crippen molar-refractivity contribution in [2.75, 3.05) is 13.7 Å². The van der Waals surface area contributed by atoms with E-state index in [1.807, 2.05) is 0 Å². The van der Waals surface area contributed by atoms with Gasteiger partial charge in [0.15, 0.2) is 0 Å². The minimum atomic E-state index is -0.0845. The van der Waals surface area contributed by atoms with Crippen molar-refractivity contribution in [2.24, 2.45) is 5.92 Å². The first-order valence-corrected chi connectivity index (χ1v) is 4.91. The van der Waals surface area contributed by atoms with Crippen LogP contribution in [0.1, 0.15) is 27.2 Å². The maximum absolute atomic E-state index is 11.5. The van der Waals surface area contributed by atoms with Crippen molar-refractivity contribution in [1.29, 1.82) is 0 Å². The normalized spacial score (nSPS) is 29.6. The molecule has 1 aliphatic heterocycles. The molecule has 0 aliphatic carbocycles. The lowest BCUT2D eigenvalue weighted by atomic mass is 10.0. The van der Waals surface area contributed by atoms with E-state index in [-0.39, 0.29) is 12.0 Å². The zero-order valence-corrected chi connectivity index (χ0v) is 8.91.